The van der Waals surface area contributed by atoms with Crippen LogP contribution in [0.4, 0.5) is 0 Å². The summed E-state index contributed by atoms with van der Waals surface area (Å²) in [5.74, 6) is 0. The summed E-state index contributed by atoms with van der Waals surface area (Å²) in [6.07, 6.45) is 3.39. The lowest BCUT2D eigenvalue weighted by Gasteiger charge is -2.00. The maximum absolute atomic E-state index is 8.98. The summed E-state index contributed by atoms with van der Waals surface area (Å²) in [6.45, 7) is 0. The fourth-order valence-corrected chi connectivity index (χ4v) is 1.51. The highest BCUT2D eigenvalue weighted by atomic mass is 32.2. The first-order valence-corrected chi connectivity index (χ1v) is 7.53. The Morgan fingerprint density at radius 1 is 0.900 bits per heavy atom. The van der Waals surface area contributed by atoms with Crippen LogP contribution in [0.5, 0.6) is 0 Å². The molecule has 0 N–H and O–H groups in total. The number of nitrogens with zero attached hydrogens (tertiary/aromatic N) is 4. The predicted molar refractivity (Wildman–Crippen MR) is 79.9 cm³/mol. The smallest absolute Gasteiger partial charge is 0.188 e. The van der Waals surface area contributed by atoms with Gasteiger partial charge in [0, 0.05) is 23.6 Å². The van der Waals surface area contributed by atoms with Gasteiger partial charge in [-0.3, -0.25) is 0 Å². The van der Waals surface area contributed by atoms with E-state index in [4.69, 9.17) is 19.1 Å². The third-order valence-electron chi connectivity index (χ3n) is 2.05. The molecule has 1 rings (SSSR count). The molecular formula is C12H10N4O2S2. The van der Waals surface area contributed by atoms with Crippen LogP contribution in [0.15, 0.2) is 34.6 Å². The third-order valence-corrected chi connectivity index (χ3v) is 2.50. The van der Waals surface area contributed by atoms with Crippen LogP contribution in [0.2, 0.25) is 0 Å². The molecule has 20 heavy (non-hydrogen) atoms. The van der Waals surface area contributed by atoms with Gasteiger partial charge in [0.25, 0.3) is 0 Å². The first-order chi connectivity index (χ1) is 9.76. The van der Waals surface area contributed by atoms with Crippen molar-refractivity contribution in [1.82, 2.24) is 0 Å². The van der Waals surface area contributed by atoms with Gasteiger partial charge in [-0.05, 0) is 0 Å². The molecule has 0 saturated heterocycles. The minimum atomic E-state index is 0.154. The van der Waals surface area contributed by atoms with Gasteiger partial charge >= 0.3 is 0 Å². The largest absolute Gasteiger partial charge is 0.321 e. The first kappa shape index (κ1) is 15.9. The Kier molecular flexibility index (Phi) is 7.04. The zero-order valence-corrected chi connectivity index (χ0v) is 12.4. The van der Waals surface area contributed by atoms with Crippen molar-refractivity contribution < 1.29 is 8.57 Å². The van der Waals surface area contributed by atoms with Gasteiger partial charge in [0.2, 0.25) is 0 Å². The van der Waals surface area contributed by atoms with E-state index >= 15 is 0 Å². The lowest BCUT2D eigenvalue weighted by Crippen LogP contribution is -2.01. The van der Waals surface area contributed by atoms with Gasteiger partial charge < -0.3 is 8.57 Å². The van der Waals surface area contributed by atoms with Crippen LogP contribution in [0, 0.1) is 22.7 Å². The molecule has 0 spiro atoms. The van der Waals surface area contributed by atoms with E-state index in [0.29, 0.717) is 11.1 Å². The van der Waals surface area contributed by atoms with Gasteiger partial charge in [-0.15, -0.1) is 0 Å². The minimum Gasteiger partial charge on any atom is -0.321 e. The Bertz CT molecular complexity index is 532. The standard InChI is InChI=1S/C12H10N4O2S2/c1-19-17-15-11(7-13)9-3-5-10(6-4-9)12(8-14)16-18-20-2/h3-6H,1-2H3. The zero-order chi connectivity index (χ0) is 14.8. The summed E-state index contributed by atoms with van der Waals surface area (Å²) in [4.78, 5) is 0. The summed E-state index contributed by atoms with van der Waals surface area (Å²) in [5.41, 5.74) is 1.49. The summed E-state index contributed by atoms with van der Waals surface area (Å²) in [6, 6.07) is 10.5. The van der Waals surface area contributed by atoms with Crippen molar-refractivity contribution in [3.63, 3.8) is 0 Å². The van der Waals surface area contributed by atoms with E-state index < -0.39 is 0 Å². The summed E-state index contributed by atoms with van der Waals surface area (Å²) >= 11 is 2.08. The topological polar surface area (TPSA) is 90.8 Å². The second-order valence-corrected chi connectivity index (χ2v) is 4.13. The Morgan fingerprint density at radius 3 is 1.50 bits per heavy atom. The monoisotopic (exact) mass is 306 g/mol. The molecule has 1 aromatic rings. The second kappa shape index (κ2) is 8.86. The van der Waals surface area contributed by atoms with Crippen molar-refractivity contribution in [2.24, 2.45) is 10.3 Å². The van der Waals surface area contributed by atoms with Gasteiger partial charge in [-0.25, -0.2) is 0 Å². The van der Waals surface area contributed by atoms with E-state index in [1.165, 1.54) is 0 Å². The van der Waals surface area contributed by atoms with Crippen molar-refractivity contribution in [3.8, 4) is 12.1 Å². The lowest BCUT2D eigenvalue weighted by molar-refractivity contribution is 0.408. The summed E-state index contributed by atoms with van der Waals surface area (Å²) in [5, 5.41) is 25.3. The average Bonchev–Trinajstić information content (AvgIpc) is 2.50. The number of hydrogen-bond donors (Lipinski definition) is 0. The lowest BCUT2D eigenvalue weighted by atomic mass is 10.1. The van der Waals surface area contributed by atoms with E-state index in [-0.39, 0.29) is 11.4 Å². The zero-order valence-electron chi connectivity index (χ0n) is 10.7. The Balaban J connectivity index is 2.99. The Morgan fingerprint density at radius 2 is 1.25 bits per heavy atom. The van der Waals surface area contributed by atoms with Gasteiger partial charge in [-0.1, -0.05) is 34.6 Å². The first-order valence-electron chi connectivity index (χ1n) is 5.23. The molecule has 0 heterocycles. The quantitative estimate of drug-likeness (QED) is 0.456. The van der Waals surface area contributed by atoms with Crippen LogP contribution in [0.25, 0.3) is 0 Å². The van der Waals surface area contributed by atoms with E-state index in [1.54, 1.807) is 36.8 Å². The molecule has 102 valence electrons. The molecule has 0 aromatic heterocycles. The van der Waals surface area contributed by atoms with Crippen molar-refractivity contribution in [2.75, 3.05) is 12.5 Å². The van der Waals surface area contributed by atoms with E-state index in [2.05, 4.69) is 10.3 Å². The number of rotatable bonds is 6. The van der Waals surface area contributed by atoms with Crippen LogP contribution in [0.1, 0.15) is 11.1 Å². The molecule has 8 heteroatoms. The minimum absolute atomic E-state index is 0.154. The molecule has 0 radical (unpaired) electrons. The van der Waals surface area contributed by atoms with E-state index in [9.17, 15) is 0 Å². The Labute approximate surface area is 125 Å². The van der Waals surface area contributed by atoms with Gasteiger partial charge in [0.05, 0.1) is 24.1 Å². The van der Waals surface area contributed by atoms with Crippen LogP contribution in [-0.2, 0) is 8.57 Å². The normalized spacial score (nSPS) is 11.4. The van der Waals surface area contributed by atoms with Gasteiger partial charge in [0.15, 0.2) is 11.4 Å². The molecule has 0 unspecified atom stereocenters. The van der Waals surface area contributed by atoms with Crippen molar-refractivity contribution in [1.29, 1.82) is 10.5 Å². The molecule has 0 aliphatic heterocycles. The Hall–Kier alpha value is -2.16. The SMILES string of the molecule is CSON=C(C#N)c1ccc(C(C#N)=NOSC)cc1. The maximum atomic E-state index is 8.98. The third kappa shape index (κ3) is 4.50. The molecule has 0 amide bonds. The second-order valence-electron chi connectivity index (χ2n) is 3.16. The molecular weight excluding hydrogens is 296 g/mol. The highest BCUT2D eigenvalue weighted by Gasteiger charge is 2.07. The highest BCUT2D eigenvalue weighted by Crippen LogP contribution is 2.09. The molecule has 0 bridgehead atoms. The number of hydrogen-bond acceptors (Lipinski definition) is 8. The molecule has 0 aliphatic carbocycles. The fraction of sp³-hybridized carbons (Fsp3) is 0.167. The van der Waals surface area contributed by atoms with Crippen molar-refractivity contribution in [2.45, 2.75) is 0 Å². The van der Waals surface area contributed by atoms with Crippen molar-refractivity contribution in [3.05, 3.63) is 35.4 Å². The van der Waals surface area contributed by atoms with Gasteiger partial charge in [-0.2, -0.15) is 10.5 Å². The fourth-order valence-electron chi connectivity index (χ4n) is 1.21. The van der Waals surface area contributed by atoms with Gasteiger partial charge in [0.1, 0.15) is 12.1 Å². The summed E-state index contributed by atoms with van der Waals surface area (Å²) < 4.78 is 9.55. The molecule has 0 fully saturated rings. The molecule has 1 aromatic carbocycles. The van der Waals surface area contributed by atoms with Crippen LogP contribution in [-0.4, -0.2) is 23.9 Å². The van der Waals surface area contributed by atoms with E-state index in [1.807, 2.05) is 12.1 Å². The number of benzene rings is 1. The van der Waals surface area contributed by atoms with Crippen molar-refractivity contribution >= 4 is 35.5 Å². The number of nitriles is 2. The summed E-state index contributed by atoms with van der Waals surface area (Å²) in [7, 11) is 0. The predicted octanol–water partition coefficient (Wildman–Crippen LogP) is 2.73. The van der Waals surface area contributed by atoms with Crippen LogP contribution >= 0.6 is 24.1 Å². The van der Waals surface area contributed by atoms with E-state index in [0.717, 1.165) is 24.1 Å². The molecule has 6 nitrogen and oxygen atoms in total. The molecule has 0 atom stereocenters. The average molecular weight is 306 g/mol. The molecule has 0 saturated carbocycles. The maximum Gasteiger partial charge on any atom is 0.188 e. The highest BCUT2D eigenvalue weighted by molar-refractivity contribution is 7.94. The van der Waals surface area contributed by atoms with Crippen LogP contribution < -0.4 is 0 Å². The number of oxime groups is 2. The van der Waals surface area contributed by atoms with Crippen LogP contribution in [0.3, 0.4) is 0 Å². The molecule has 0 aliphatic rings.